The largest absolute Gasteiger partial charge is 0.375 e. The summed E-state index contributed by atoms with van der Waals surface area (Å²) < 4.78 is 0. The monoisotopic (exact) mass is 198 g/mol. The lowest BCUT2D eigenvalue weighted by molar-refractivity contribution is 0.0983. The fourth-order valence-electron chi connectivity index (χ4n) is 1.08. The smallest absolute Gasteiger partial charge is 0.180 e. The van der Waals surface area contributed by atoms with E-state index in [1.807, 2.05) is 0 Å². The van der Waals surface area contributed by atoms with E-state index in [4.69, 9.17) is 5.73 Å². The second-order valence-electron chi connectivity index (χ2n) is 2.94. The fraction of sp³-hybridized carbons (Fsp3) is 0.556. The van der Waals surface area contributed by atoms with Crippen LogP contribution in [0.2, 0.25) is 0 Å². The first kappa shape index (κ1) is 10.2. The van der Waals surface area contributed by atoms with E-state index in [2.05, 4.69) is 11.9 Å². The molecule has 0 aliphatic carbocycles. The Morgan fingerprint density at radius 1 is 1.62 bits per heavy atom. The van der Waals surface area contributed by atoms with Crippen molar-refractivity contribution in [1.29, 1.82) is 0 Å². The van der Waals surface area contributed by atoms with Crippen molar-refractivity contribution in [2.24, 2.45) is 0 Å². The fourth-order valence-corrected chi connectivity index (χ4v) is 1.73. The quantitative estimate of drug-likeness (QED) is 0.584. The number of nitrogens with two attached hydrogens (primary N) is 1. The Hall–Kier alpha value is -0.900. The normalized spacial score (nSPS) is 10.2. The van der Waals surface area contributed by atoms with Crippen molar-refractivity contribution >= 4 is 22.3 Å². The van der Waals surface area contributed by atoms with E-state index in [9.17, 15) is 4.79 Å². The molecule has 4 heteroatoms. The lowest BCUT2D eigenvalue weighted by atomic mass is 10.1. The van der Waals surface area contributed by atoms with E-state index in [0.717, 1.165) is 19.3 Å². The predicted octanol–water partition coefficient (Wildman–Crippen LogP) is 2.49. The zero-order valence-corrected chi connectivity index (χ0v) is 8.56. The van der Waals surface area contributed by atoms with Crippen LogP contribution in [0.5, 0.6) is 0 Å². The summed E-state index contributed by atoms with van der Waals surface area (Å²) in [4.78, 5) is 16.0. The average molecular weight is 198 g/mol. The van der Waals surface area contributed by atoms with Gasteiger partial charge in [0.2, 0.25) is 0 Å². The van der Waals surface area contributed by atoms with Gasteiger partial charge in [-0.05, 0) is 6.42 Å². The summed E-state index contributed by atoms with van der Waals surface area (Å²) in [5.41, 5.74) is 5.43. The van der Waals surface area contributed by atoms with Crippen LogP contribution in [0.4, 0.5) is 5.13 Å². The minimum atomic E-state index is 0.169. The Balaban J connectivity index is 2.40. The van der Waals surface area contributed by atoms with Gasteiger partial charge in [0, 0.05) is 6.42 Å². The molecular formula is C9H14N2OS. The molecular weight excluding hydrogens is 184 g/mol. The van der Waals surface area contributed by atoms with Gasteiger partial charge in [0.25, 0.3) is 0 Å². The van der Waals surface area contributed by atoms with Gasteiger partial charge in [0.15, 0.2) is 10.9 Å². The Kier molecular flexibility index (Phi) is 3.89. The lowest BCUT2D eigenvalue weighted by Gasteiger charge is -1.95. The lowest BCUT2D eigenvalue weighted by Crippen LogP contribution is -1.95. The Morgan fingerprint density at radius 2 is 2.38 bits per heavy atom. The molecule has 0 saturated heterocycles. The van der Waals surface area contributed by atoms with Gasteiger partial charge in [-0.3, -0.25) is 4.79 Å². The molecule has 0 aliphatic heterocycles. The first-order valence-corrected chi connectivity index (χ1v) is 5.30. The molecule has 1 aromatic rings. The molecule has 0 amide bonds. The predicted molar refractivity (Wildman–Crippen MR) is 55.0 cm³/mol. The summed E-state index contributed by atoms with van der Waals surface area (Å²) in [6, 6.07) is 0. The number of aromatic nitrogens is 1. The second-order valence-corrected chi connectivity index (χ2v) is 4.01. The van der Waals surface area contributed by atoms with Gasteiger partial charge < -0.3 is 5.73 Å². The summed E-state index contributed by atoms with van der Waals surface area (Å²) in [6.07, 6.45) is 5.40. The number of nitrogens with zero attached hydrogens (tertiary/aromatic N) is 1. The standard InChI is InChI=1S/C9H14N2OS/c1-2-3-4-5-7(12)8-6-11-9(10)13-8/h6H,2-5H2,1H3,(H2,10,11). The molecule has 0 aliphatic rings. The number of carbonyl (C=O) groups excluding carboxylic acids is 1. The van der Waals surface area contributed by atoms with Crippen molar-refractivity contribution in [3.05, 3.63) is 11.1 Å². The minimum absolute atomic E-state index is 0.169. The summed E-state index contributed by atoms with van der Waals surface area (Å²) >= 11 is 1.27. The van der Waals surface area contributed by atoms with Crippen LogP contribution in [0.15, 0.2) is 6.20 Å². The molecule has 1 rings (SSSR count). The van der Waals surface area contributed by atoms with E-state index in [0.29, 0.717) is 16.4 Å². The van der Waals surface area contributed by atoms with Crippen LogP contribution < -0.4 is 5.73 Å². The van der Waals surface area contributed by atoms with Crippen LogP contribution in [-0.2, 0) is 0 Å². The topological polar surface area (TPSA) is 56.0 Å². The Labute approximate surface area is 82.0 Å². The third-order valence-electron chi connectivity index (χ3n) is 1.81. The van der Waals surface area contributed by atoms with Gasteiger partial charge in [0.1, 0.15) is 0 Å². The SMILES string of the molecule is CCCCCC(=O)c1cnc(N)s1. The number of hydrogen-bond acceptors (Lipinski definition) is 4. The Bertz CT molecular complexity index is 283. The van der Waals surface area contributed by atoms with Crippen LogP contribution in [0.3, 0.4) is 0 Å². The number of nitrogen functional groups attached to an aromatic ring is 1. The molecule has 1 aromatic heterocycles. The number of thiazole rings is 1. The summed E-state index contributed by atoms with van der Waals surface area (Å²) in [6.45, 7) is 2.12. The second kappa shape index (κ2) is 4.97. The number of Topliss-reactive ketones (excluding diaryl/α,β-unsaturated/α-hetero) is 1. The number of carbonyl (C=O) groups is 1. The summed E-state index contributed by atoms with van der Waals surface area (Å²) in [5.74, 6) is 0.169. The third-order valence-corrected chi connectivity index (χ3v) is 2.67. The van der Waals surface area contributed by atoms with E-state index < -0.39 is 0 Å². The van der Waals surface area contributed by atoms with E-state index in [1.165, 1.54) is 11.3 Å². The molecule has 0 aromatic carbocycles. The van der Waals surface area contributed by atoms with Gasteiger partial charge in [-0.1, -0.05) is 31.1 Å². The van der Waals surface area contributed by atoms with Crippen molar-refractivity contribution in [3.63, 3.8) is 0 Å². The molecule has 13 heavy (non-hydrogen) atoms. The van der Waals surface area contributed by atoms with Gasteiger partial charge in [-0.15, -0.1) is 0 Å². The molecule has 3 nitrogen and oxygen atoms in total. The highest BCUT2D eigenvalue weighted by atomic mass is 32.1. The molecule has 0 spiro atoms. The van der Waals surface area contributed by atoms with Crippen LogP contribution >= 0.6 is 11.3 Å². The van der Waals surface area contributed by atoms with Crippen molar-refractivity contribution < 1.29 is 4.79 Å². The molecule has 0 bridgehead atoms. The van der Waals surface area contributed by atoms with Crippen molar-refractivity contribution in [3.8, 4) is 0 Å². The molecule has 1 heterocycles. The highest BCUT2D eigenvalue weighted by Gasteiger charge is 2.08. The molecule has 0 saturated carbocycles. The molecule has 2 N–H and O–H groups in total. The van der Waals surface area contributed by atoms with Crippen molar-refractivity contribution in [2.75, 3.05) is 5.73 Å². The Morgan fingerprint density at radius 3 is 2.92 bits per heavy atom. The maximum Gasteiger partial charge on any atom is 0.180 e. The van der Waals surface area contributed by atoms with Crippen LogP contribution in [0.25, 0.3) is 0 Å². The highest BCUT2D eigenvalue weighted by Crippen LogP contribution is 2.17. The first-order valence-electron chi connectivity index (χ1n) is 4.48. The van der Waals surface area contributed by atoms with Gasteiger partial charge in [-0.25, -0.2) is 4.98 Å². The van der Waals surface area contributed by atoms with Crippen LogP contribution in [0, 0.1) is 0 Å². The summed E-state index contributed by atoms with van der Waals surface area (Å²) in [5, 5.41) is 0.471. The molecule has 0 unspecified atom stereocenters. The van der Waals surface area contributed by atoms with Crippen molar-refractivity contribution in [1.82, 2.24) is 4.98 Å². The van der Waals surface area contributed by atoms with Gasteiger partial charge >= 0.3 is 0 Å². The number of ketones is 1. The maximum absolute atomic E-state index is 11.4. The zero-order valence-electron chi connectivity index (χ0n) is 7.75. The van der Waals surface area contributed by atoms with Crippen LogP contribution in [-0.4, -0.2) is 10.8 Å². The average Bonchev–Trinajstić information content (AvgIpc) is 2.52. The maximum atomic E-state index is 11.4. The number of unbranched alkanes of at least 4 members (excludes halogenated alkanes) is 2. The number of hydrogen-bond donors (Lipinski definition) is 1. The number of anilines is 1. The van der Waals surface area contributed by atoms with E-state index >= 15 is 0 Å². The molecule has 0 fully saturated rings. The van der Waals surface area contributed by atoms with E-state index in [-0.39, 0.29) is 5.78 Å². The first-order chi connectivity index (χ1) is 6.24. The highest BCUT2D eigenvalue weighted by molar-refractivity contribution is 7.17. The zero-order chi connectivity index (χ0) is 9.68. The number of rotatable bonds is 5. The third kappa shape index (κ3) is 3.14. The van der Waals surface area contributed by atoms with E-state index in [1.54, 1.807) is 6.20 Å². The summed E-state index contributed by atoms with van der Waals surface area (Å²) in [7, 11) is 0. The van der Waals surface area contributed by atoms with Gasteiger partial charge in [-0.2, -0.15) is 0 Å². The molecule has 0 radical (unpaired) electrons. The minimum Gasteiger partial charge on any atom is -0.375 e. The van der Waals surface area contributed by atoms with Gasteiger partial charge in [0.05, 0.1) is 11.1 Å². The van der Waals surface area contributed by atoms with Crippen molar-refractivity contribution in [2.45, 2.75) is 32.6 Å². The molecule has 0 atom stereocenters. The van der Waals surface area contributed by atoms with Crippen LogP contribution in [0.1, 0.15) is 42.3 Å². The molecule has 72 valence electrons.